The van der Waals surface area contributed by atoms with Crippen LogP contribution in [0.25, 0.3) is 17.1 Å². The first kappa shape index (κ1) is 34.5. The zero-order chi connectivity index (χ0) is 34.7. The van der Waals surface area contributed by atoms with E-state index < -0.39 is 10.0 Å². The Morgan fingerprint density at radius 3 is 2.41 bits per heavy atom. The van der Waals surface area contributed by atoms with Crippen LogP contribution in [0.4, 0.5) is 28.8 Å². The van der Waals surface area contributed by atoms with Crippen molar-refractivity contribution >= 4 is 56.0 Å². The van der Waals surface area contributed by atoms with Crippen LogP contribution in [-0.2, 0) is 10.0 Å². The van der Waals surface area contributed by atoms with Crippen LogP contribution in [0.5, 0.6) is 5.75 Å². The molecule has 0 radical (unpaired) electrons. The minimum atomic E-state index is -3.98. The van der Waals surface area contributed by atoms with E-state index in [1.54, 1.807) is 45.4 Å². The minimum Gasteiger partial charge on any atom is -0.494 e. The summed E-state index contributed by atoms with van der Waals surface area (Å²) in [6.45, 7) is 16.1. The summed E-state index contributed by atoms with van der Waals surface area (Å²) in [5.41, 5.74) is 4.58. The number of sulfonamides is 1. The van der Waals surface area contributed by atoms with Crippen LogP contribution in [0.2, 0.25) is 0 Å². The second-order valence-electron chi connectivity index (χ2n) is 13.0. The van der Waals surface area contributed by atoms with Gasteiger partial charge < -0.3 is 25.2 Å². The van der Waals surface area contributed by atoms with Crippen LogP contribution >= 0.6 is 0 Å². The third kappa shape index (κ3) is 7.62. The highest BCUT2D eigenvalue weighted by atomic mass is 32.2. The molecule has 4 aromatic rings. The maximum atomic E-state index is 13.6. The summed E-state index contributed by atoms with van der Waals surface area (Å²) in [4.78, 5) is 25.4. The molecule has 49 heavy (non-hydrogen) atoms. The summed E-state index contributed by atoms with van der Waals surface area (Å²) in [5, 5.41) is 6.54. The van der Waals surface area contributed by atoms with Crippen molar-refractivity contribution in [2.75, 3.05) is 69.0 Å². The number of hydrogen-bond acceptors (Lipinski definition) is 12. The molecular weight excluding hydrogens is 641 g/mol. The summed E-state index contributed by atoms with van der Waals surface area (Å²) in [6, 6.07) is 7.83. The first-order valence-corrected chi connectivity index (χ1v) is 18.2. The fourth-order valence-corrected chi connectivity index (χ4v) is 8.20. The van der Waals surface area contributed by atoms with Gasteiger partial charge in [0.2, 0.25) is 16.0 Å². The van der Waals surface area contributed by atoms with Crippen molar-refractivity contribution in [1.29, 1.82) is 0 Å². The monoisotopic (exact) mass is 686 g/mol. The number of anilines is 5. The third-order valence-electron chi connectivity index (χ3n) is 9.17. The summed E-state index contributed by atoms with van der Waals surface area (Å²) in [5.74, 6) is 1.35. The lowest BCUT2D eigenvalue weighted by Crippen LogP contribution is -2.52. The summed E-state index contributed by atoms with van der Waals surface area (Å²) in [6.07, 6.45) is 8.53. The Bertz CT molecular complexity index is 1920. The average molecular weight is 687 g/mol. The van der Waals surface area contributed by atoms with E-state index in [2.05, 4.69) is 77.7 Å². The number of aromatic nitrogens is 4. The van der Waals surface area contributed by atoms with Crippen molar-refractivity contribution in [1.82, 2.24) is 34.5 Å². The molecule has 260 valence electrons. The Labute approximate surface area is 288 Å². The predicted octanol–water partition coefficient (Wildman–Crippen LogP) is 4.77. The maximum Gasteiger partial charge on any atom is 0.245 e. The van der Waals surface area contributed by atoms with E-state index in [-0.39, 0.29) is 16.5 Å². The van der Waals surface area contributed by atoms with Gasteiger partial charge in [-0.3, -0.25) is 14.9 Å². The largest absolute Gasteiger partial charge is 0.494 e. The SMILES string of the molecule is C=Cc1cnc(Nc2cc(C)c(N3CCC(N4CCN(C)CC4)CC3)cc2OC)nc1Nc1ccc2nccnc2c1S(=O)(=O)NC(C)C. The fourth-order valence-electron chi connectivity index (χ4n) is 6.64. The van der Waals surface area contributed by atoms with Crippen molar-refractivity contribution in [2.24, 2.45) is 0 Å². The number of ether oxygens (including phenoxy) is 1. The van der Waals surface area contributed by atoms with Crippen LogP contribution in [0.3, 0.4) is 0 Å². The molecule has 0 bridgehead atoms. The molecule has 0 amide bonds. The van der Waals surface area contributed by atoms with Crippen LogP contribution in [-0.4, -0.2) is 104 Å². The van der Waals surface area contributed by atoms with Crippen LogP contribution in [0.15, 0.2) is 54.3 Å². The van der Waals surface area contributed by atoms with Gasteiger partial charge in [-0.15, -0.1) is 0 Å². The van der Waals surface area contributed by atoms with Crippen molar-refractivity contribution in [3.05, 3.63) is 60.6 Å². The van der Waals surface area contributed by atoms with Gasteiger partial charge in [-0.2, -0.15) is 4.98 Å². The Morgan fingerprint density at radius 1 is 0.980 bits per heavy atom. The standard InChI is InChI=1S/C35H46N10O3S/c1-7-25-22-38-35(41-34(25)39-28-9-8-27-32(37-13-12-36-27)33(28)49(46,47)42-23(2)3)40-29-20-24(4)30(21-31(29)48-6)45-14-10-26(11-15-45)44-18-16-43(5)17-19-44/h7-9,12-13,20-23,26,42H,1,10-11,14-19H2,2-6H3,(H2,38,39,40,41). The fraction of sp³-hybridized carbons (Fsp3) is 0.429. The number of piperidine rings is 1. The zero-order valence-corrected chi connectivity index (χ0v) is 29.7. The molecule has 6 rings (SSSR count). The van der Waals surface area contributed by atoms with Crippen LogP contribution in [0, 0.1) is 6.92 Å². The van der Waals surface area contributed by atoms with E-state index in [4.69, 9.17) is 9.72 Å². The highest BCUT2D eigenvalue weighted by Gasteiger charge is 2.28. The number of piperazine rings is 1. The van der Waals surface area contributed by atoms with Crippen LogP contribution < -0.4 is 25.0 Å². The second kappa shape index (κ2) is 14.6. The molecule has 0 saturated carbocycles. The van der Waals surface area contributed by atoms with Gasteiger partial charge in [0.25, 0.3) is 0 Å². The quantitative estimate of drug-likeness (QED) is 0.200. The first-order chi connectivity index (χ1) is 23.6. The van der Waals surface area contributed by atoms with Crippen LogP contribution in [0.1, 0.15) is 37.8 Å². The number of nitrogens with zero attached hydrogens (tertiary/aromatic N) is 7. The molecule has 2 aromatic carbocycles. The van der Waals surface area contributed by atoms with Gasteiger partial charge >= 0.3 is 0 Å². The molecule has 0 unspecified atom stereocenters. The number of benzene rings is 2. The van der Waals surface area contributed by atoms with Crippen molar-refractivity contribution in [3.8, 4) is 5.75 Å². The molecule has 3 N–H and O–H groups in total. The summed E-state index contributed by atoms with van der Waals surface area (Å²) >= 11 is 0. The van der Waals surface area contributed by atoms with Gasteiger partial charge in [-0.1, -0.05) is 12.7 Å². The van der Waals surface area contributed by atoms with E-state index in [9.17, 15) is 8.42 Å². The average Bonchev–Trinajstić information content (AvgIpc) is 3.08. The maximum absolute atomic E-state index is 13.6. The molecule has 0 atom stereocenters. The summed E-state index contributed by atoms with van der Waals surface area (Å²) < 4.78 is 35.7. The van der Waals surface area contributed by atoms with Gasteiger partial charge in [0, 0.05) is 87.3 Å². The van der Waals surface area contributed by atoms with Crippen molar-refractivity contribution in [3.63, 3.8) is 0 Å². The number of hydrogen-bond donors (Lipinski definition) is 3. The topological polar surface area (TPSA) is 141 Å². The first-order valence-electron chi connectivity index (χ1n) is 16.7. The number of fused-ring (bicyclic) bond motifs is 1. The second-order valence-corrected chi connectivity index (χ2v) is 14.6. The van der Waals surface area contributed by atoms with Gasteiger partial charge in [-0.05, 0) is 64.4 Å². The van der Waals surface area contributed by atoms with Gasteiger partial charge in [0.15, 0.2) is 0 Å². The number of nitrogens with one attached hydrogen (secondary N) is 3. The minimum absolute atomic E-state index is 0.0182. The van der Waals surface area contributed by atoms with E-state index in [0.717, 1.165) is 69.0 Å². The molecule has 14 heteroatoms. The van der Waals surface area contributed by atoms with E-state index in [1.165, 1.54) is 12.4 Å². The van der Waals surface area contributed by atoms with Crippen molar-refractivity contribution < 1.29 is 13.2 Å². The van der Waals surface area contributed by atoms with Gasteiger partial charge in [0.05, 0.1) is 24.0 Å². The molecule has 2 fully saturated rings. The molecule has 2 aliphatic rings. The highest BCUT2D eigenvalue weighted by molar-refractivity contribution is 7.90. The summed E-state index contributed by atoms with van der Waals surface area (Å²) in [7, 11) is -0.121. The molecular formula is C35H46N10O3S. The number of aryl methyl sites for hydroxylation is 1. The van der Waals surface area contributed by atoms with E-state index >= 15 is 0 Å². The van der Waals surface area contributed by atoms with E-state index in [0.29, 0.717) is 40.3 Å². The lowest BCUT2D eigenvalue weighted by atomic mass is 10.0. The molecule has 2 aliphatic heterocycles. The molecule has 13 nitrogen and oxygen atoms in total. The predicted molar refractivity (Wildman–Crippen MR) is 196 cm³/mol. The van der Waals surface area contributed by atoms with E-state index in [1.807, 2.05) is 0 Å². The van der Waals surface area contributed by atoms with Gasteiger partial charge in [0.1, 0.15) is 22.0 Å². The van der Waals surface area contributed by atoms with Gasteiger partial charge in [-0.25, -0.2) is 18.1 Å². The Morgan fingerprint density at radius 2 is 1.71 bits per heavy atom. The zero-order valence-electron chi connectivity index (χ0n) is 28.9. The smallest absolute Gasteiger partial charge is 0.245 e. The lowest BCUT2D eigenvalue weighted by molar-refractivity contribution is 0.0982. The molecule has 0 aliphatic carbocycles. The molecule has 2 saturated heterocycles. The lowest BCUT2D eigenvalue weighted by Gasteiger charge is -2.43. The number of likely N-dealkylation sites (N-methyl/N-ethyl adjacent to an activating group) is 1. The van der Waals surface area contributed by atoms with Crippen molar-refractivity contribution in [2.45, 2.75) is 50.6 Å². The number of rotatable bonds is 11. The molecule has 0 spiro atoms. The number of methoxy groups -OCH3 is 1. The Balaban J connectivity index is 1.25. The molecule has 2 aromatic heterocycles. The normalized spacial score (nSPS) is 16.7. The Kier molecular flexibility index (Phi) is 10.3. The molecule has 4 heterocycles. The Hall–Kier alpha value is -4.37. The third-order valence-corrected chi connectivity index (χ3v) is 10.9. The highest BCUT2D eigenvalue weighted by Crippen LogP contribution is 2.37.